The number of carbonyl (C=O) groups is 1. The Kier molecular flexibility index (Phi) is 6.94. The van der Waals surface area contributed by atoms with E-state index in [1.807, 2.05) is 35.2 Å². The Morgan fingerprint density at radius 1 is 1.00 bits per heavy atom. The highest BCUT2D eigenvalue weighted by molar-refractivity contribution is 5.94. The minimum Gasteiger partial charge on any atom is -0.494 e. The fraction of sp³-hybridized carbons (Fsp3) is 0.320. The van der Waals surface area contributed by atoms with Crippen LogP contribution in [0.2, 0.25) is 0 Å². The Bertz CT molecular complexity index is 1030. The summed E-state index contributed by atoms with van der Waals surface area (Å²) in [6, 6.07) is 15.5. The Morgan fingerprint density at radius 2 is 1.72 bits per heavy atom. The van der Waals surface area contributed by atoms with E-state index in [4.69, 9.17) is 4.74 Å². The molecule has 0 spiro atoms. The molecule has 1 aliphatic heterocycles. The molecule has 6 nitrogen and oxygen atoms in total. The first kappa shape index (κ1) is 21.7. The Hall–Kier alpha value is -3.48. The van der Waals surface area contributed by atoms with Gasteiger partial charge in [-0.05, 0) is 55.0 Å². The molecule has 0 bridgehead atoms. The monoisotopic (exact) mass is 434 g/mol. The normalized spacial score (nSPS) is 13.8. The molecular weight excluding hydrogens is 407 g/mol. The zero-order valence-electron chi connectivity index (χ0n) is 18.2. The fourth-order valence-corrected chi connectivity index (χ4v) is 3.65. The third-order valence-electron chi connectivity index (χ3n) is 5.55. The van der Waals surface area contributed by atoms with Crippen molar-refractivity contribution in [1.29, 1.82) is 0 Å². The minimum absolute atomic E-state index is 0.0273. The molecule has 2 aromatic carbocycles. The van der Waals surface area contributed by atoms with E-state index >= 15 is 0 Å². The van der Waals surface area contributed by atoms with Crippen LogP contribution in [0.3, 0.4) is 0 Å². The highest BCUT2D eigenvalue weighted by Crippen LogP contribution is 2.22. The van der Waals surface area contributed by atoms with E-state index in [2.05, 4.69) is 21.8 Å². The lowest BCUT2D eigenvalue weighted by Crippen LogP contribution is -2.49. The standard InChI is InChI=1S/C25H27FN4O2/c1-2-3-16-32-22-10-6-20(7-11-22)25(31)30-14-12-29(13-15-30)24-17-23(27-18-28-24)19-4-8-21(26)9-5-19/h4-11,17-18H,2-3,12-16H2,1H3. The Morgan fingerprint density at radius 3 is 2.41 bits per heavy atom. The lowest BCUT2D eigenvalue weighted by Gasteiger charge is -2.35. The summed E-state index contributed by atoms with van der Waals surface area (Å²) in [7, 11) is 0. The molecule has 0 radical (unpaired) electrons. The van der Waals surface area contributed by atoms with Crippen LogP contribution >= 0.6 is 0 Å². The molecule has 4 rings (SSSR count). The first-order valence-corrected chi connectivity index (χ1v) is 11.0. The third-order valence-corrected chi connectivity index (χ3v) is 5.55. The molecule has 1 aromatic heterocycles. The van der Waals surface area contributed by atoms with Gasteiger partial charge in [0.25, 0.3) is 5.91 Å². The van der Waals surface area contributed by atoms with Gasteiger partial charge in [0.1, 0.15) is 23.7 Å². The van der Waals surface area contributed by atoms with Crippen molar-refractivity contribution in [1.82, 2.24) is 14.9 Å². The van der Waals surface area contributed by atoms with E-state index in [1.165, 1.54) is 18.5 Å². The molecule has 166 valence electrons. The number of carbonyl (C=O) groups excluding carboxylic acids is 1. The highest BCUT2D eigenvalue weighted by Gasteiger charge is 2.23. The second-order valence-electron chi connectivity index (χ2n) is 7.77. The summed E-state index contributed by atoms with van der Waals surface area (Å²) in [5, 5.41) is 0. The lowest BCUT2D eigenvalue weighted by atomic mass is 10.1. The van der Waals surface area contributed by atoms with E-state index in [1.54, 1.807) is 12.1 Å². The second kappa shape index (κ2) is 10.2. The number of piperazine rings is 1. The number of rotatable bonds is 7. The van der Waals surface area contributed by atoms with Gasteiger partial charge in [-0.25, -0.2) is 14.4 Å². The van der Waals surface area contributed by atoms with Crippen molar-refractivity contribution in [3.63, 3.8) is 0 Å². The smallest absolute Gasteiger partial charge is 0.253 e. The number of hydrogen-bond acceptors (Lipinski definition) is 5. The summed E-state index contributed by atoms with van der Waals surface area (Å²) < 4.78 is 18.9. The number of unbranched alkanes of at least 4 members (excludes halogenated alkanes) is 1. The van der Waals surface area contributed by atoms with Crippen LogP contribution in [0.1, 0.15) is 30.1 Å². The van der Waals surface area contributed by atoms with Crippen LogP contribution in [0.5, 0.6) is 5.75 Å². The topological polar surface area (TPSA) is 58.6 Å². The number of anilines is 1. The number of benzene rings is 2. The number of amides is 1. The summed E-state index contributed by atoms with van der Waals surface area (Å²) in [6.07, 6.45) is 3.63. The quantitative estimate of drug-likeness (QED) is 0.515. The Labute approximate surface area is 187 Å². The van der Waals surface area contributed by atoms with Crippen LogP contribution in [-0.2, 0) is 0 Å². The third kappa shape index (κ3) is 5.22. The van der Waals surface area contributed by atoms with Crippen molar-refractivity contribution >= 4 is 11.7 Å². The molecule has 1 aliphatic rings. The van der Waals surface area contributed by atoms with E-state index in [9.17, 15) is 9.18 Å². The van der Waals surface area contributed by atoms with Gasteiger partial charge in [-0.15, -0.1) is 0 Å². The van der Waals surface area contributed by atoms with Crippen LogP contribution in [0, 0.1) is 5.82 Å². The van der Waals surface area contributed by atoms with Gasteiger partial charge in [0.15, 0.2) is 0 Å². The molecule has 32 heavy (non-hydrogen) atoms. The molecule has 3 aromatic rings. The number of ether oxygens (including phenoxy) is 1. The largest absolute Gasteiger partial charge is 0.494 e. The number of halogens is 1. The number of hydrogen-bond donors (Lipinski definition) is 0. The maximum atomic E-state index is 13.2. The van der Waals surface area contributed by atoms with Crippen LogP contribution in [0.15, 0.2) is 60.9 Å². The molecule has 7 heteroatoms. The first-order chi connectivity index (χ1) is 15.6. The zero-order chi connectivity index (χ0) is 22.3. The molecular formula is C25H27FN4O2. The fourth-order valence-electron chi connectivity index (χ4n) is 3.65. The average molecular weight is 435 g/mol. The van der Waals surface area contributed by atoms with E-state index in [0.717, 1.165) is 35.7 Å². The van der Waals surface area contributed by atoms with Gasteiger partial charge in [0.05, 0.1) is 12.3 Å². The van der Waals surface area contributed by atoms with Gasteiger partial charge in [-0.3, -0.25) is 4.79 Å². The van der Waals surface area contributed by atoms with Gasteiger partial charge in [-0.1, -0.05) is 13.3 Å². The minimum atomic E-state index is -0.275. The number of aromatic nitrogens is 2. The van der Waals surface area contributed by atoms with Gasteiger partial charge in [0, 0.05) is 43.4 Å². The summed E-state index contributed by atoms with van der Waals surface area (Å²) in [5.74, 6) is 1.35. The Balaban J connectivity index is 1.35. The zero-order valence-corrected chi connectivity index (χ0v) is 18.2. The molecule has 0 N–H and O–H groups in total. The molecule has 1 saturated heterocycles. The molecule has 0 unspecified atom stereocenters. The molecule has 0 atom stereocenters. The van der Waals surface area contributed by atoms with E-state index < -0.39 is 0 Å². The summed E-state index contributed by atoms with van der Waals surface area (Å²) in [5.41, 5.74) is 2.25. The van der Waals surface area contributed by atoms with Gasteiger partial charge < -0.3 is 14.5 Å². The van der Waals surface area contributed by atoms with Crippen molar-refractivity contribution in [3.8, 4) is 17.0 Å². The van der Waals surface area contributed by atoms with Gasteiger partial charge in [-0.2, -0.15) is 0 Å². The van der Waals surface area contributed by atoms with Gasteiger partial charge in [0.2, 0.25) is 0 Å². The van der Waals surface area contributed by atoms with Crippen molar-refractivity contribution < 1.29 is 13.9 Å². The summed E-state index contributed by atoms with van der Waals surface area (Å²) >= 11 is 0. The highest BCUT2D eigenvalue weighted by atomic mass is 19.1. The van der Waals surface area contributed by atoms with E-state index in [0.29, 0.717) is 38.3 Å². The van der Waals surface area contributed by atoms with Gasteiger partial charge >= 0.3 is 0 Å². The average Bonchev–Trinajstić information content (AvgIpc) is 2.85. The molecule has 0 saturated carbocycles. The van der Waals surface area contributed by atoms with Crippen LogP contribution < -0.4 is 9.64 Å². The summed E-state index contributed by atoms with van der Waals surface area (Å²) in [4.78, 5) is 25.6. The number of nitrogens with zero attached hydrogens (tertiary/aromatic N) is 4. The van der Waals surface area contributed by atoms with Crippen molar-refractivity contribution in [2.75, 3.05) is 37.7 Å². The lowest BCUT2D eigenvalue weighted by molar-refractivity contribution is 0.0746. The van der Waals surface area contributed by atoms with Crippen LogP contribution in [-0.4, -0.2) is 53.6 Å². The summed E-state index contributed by atoms with van der Waals surface area (Å²) in [6.45, 7) is 5.42. The molecule has 1 amide bonds. The molecule has 0 aliphatic carbocycles. The SMILES string of the molecule is CCCCOc1ccc(C(=O)N2CCN(c3cc(-c4ccc(F)cc4)ncn3)CC2)cc1. The van der Waals surface area contributed by atoms with Crippen molar-refractivity contribution in [3.05, 3.63) is 72.3 Å². The van der Waals surface area contributed by atoms with Crippen molar-refractivity contribution in [2.24, 2.45) is 0 Å². The first-order valence-electron chi connectivity index (χ1n) is 11.0. The maximum Gasteiger partial charge on any atom is 0.253 e. The second-order valence-corrected chi connectivity index (χ2v) is 7.77. The van der Waals surface area contributed by atoms with Crippen molar-refractivity contribution in [2.45, 2.75) is 19.8 Å². The predicted molar refractivity (Wildman–Crippen MR) is 122 cm³/mol. The van der Waals surface area contributed by atoms with Crippen LogP contribution in [0.25, 0.3) is 11.3 Å². The maximum absolute atomic E-state index is 13.2. The van der Waals surface area contributed by atoms with Crippen LogP contribution in [0.4, 0.5) is 10.2 Å². The molecule has 1 fully saturated rings. The van der Waals surface area contributed by atoms with E-state index in [-0.39, 0.29) is 11.7 Å². The molecule has 2 heterocycles. The predicted octanol–water partition coefficient (Wildman–Crippen LogP) is 4.42.